The highest BCUT2D eigenvalue weighted by Gasteiger charge is 2.12. The van der Waals surface area contributed by atoms with Crippen LogP contribution in [0.3, 0.4) is 0 Å². The highest BCUT2D eigenvalue weighted by atomic mass is 16.6. The van der Waals surface area contributed by atoms with Crippen LogP contribution in [0.5, 0.6) is 0 Å². The van der Waals surface area contributed by atoms with E-state index in [1.165, 1.54) is 12.1 Å². The molecule has 7 nitrogen and oxygen atoms in total. The number of allylic oxidation sites excluding steroid dienone is 1. The van der Waals surface area contributed by atoms with E-state index >= 15 is 0 Å². The summed E-state index contributed by atoms with van der Waals surface area (Å²) >= 11 is 0. The molecule has 0 aliphatic heterocycles. The standard InChI is InChI=1S/C26H20N4O3/c1-18-5-4-6-22(13-18)28-26(31)17-29-16-21(24-7-2-3-8-25(24)29)14-20(15-27)19-9-11-23(12-10-19)30(32)33/h2-14,16H,17H2,1H3,(H,28,31)/b20-14-. The lowest BCUT2D eigenvalue weighted by Gasteiger charge is -2.08. The van der Waals surface area contributed by atoms with Gasteiger partial charge in [-0.25, -0.2) is 0 Å². The lowest BCUT2D eigenvalue weighted by atomic mass is 10.0. The summed E-state index contributed by atoms with van der Waals surface area (Å²) in [6.07, 6.45) is 3.57. The number of aromatic nitrogens is 1. The minimum atomic E-state index is -0.477. The number of carbonyl (C=O) groups is 1. The number of nitriles is 1. The predicted octanol–water partition coefficient (Wildman–Crippen LogP) is 5.56. The van der Waals surface area contributed by atoms with Crippen molar-refractivity contribution in [2.24, 2.45) is 0 Å². The van der Waals surface area contributed by atoms with Gasteiger partial charge in [-0.1, -0.05) is 30.3 Å². The van der Waals surface area contributed by atoms with Crippen LogP contribution in [0.25, 0.3) is 22.6 Å². The third kappa shape index (κ3) is 4.81. The summed E-state index contributed by atoms with van der Waals surface area (Å²) in [6, 6.07) is 23.3. The summed E-state index contributed by atoms with van der Waals surface area (Å²) in [4.78, 5) is 23.1. The van der Waals surface area contributed by atoms with Crippen molar-refractivity contribution >= 4 is 39.8 Å². The van der Waals surface area contributed by atoms with Crippen LogP contribution in [0.1, 0.15) is 16.7 Å². The molecule has 0 saturated heterocycles. The van der Waals surface area contributed by atoms with Gasteiger partial charge in [-0.05, 0) is 54.5 Å². The fourth-order valence-corrected chi connectivity index (χ4v) is 3.70. The van der Waals surface area contributed by atoms with Crippen molar-refractivity contribution in [3.8, 4) is 6.07 Å². The molecule has 0 bridgehead atoms. The number of para-hydroxylation sites is 1. The minimum absolute atomic E-state index is 0.0349. The third-order valence-electron chi connectivity index (χ3n) is 5.24. The molecule has 4 rings (SSSR count). The van der Waals surface area contributed by atoms with Crippen molar-refractivity contribution in [1.82, 2.24) is 4.57 Å². The first-order chi connectivity index (χ1) is 15.9. The number of nitro benzene ring substituents is 1. The molecule has 162 valence electrons. The first-order valence-electron chi connectivity index (χ1n) is 10.3. The van der Waals surface area contributed by atoms with Crippen molar-refractivity contribution in [2.45, 2.75) is 13.5 Å². The van der Waals surface area contributed by atoms with Crippen LogP contribution in [0.2, 0.25) is 0 Å². The van der Waals surface area contributed by atoms with Crippen LogP contribution in [0.15, 0.2) is 79.0 Å². The average Bonchev–Trinajstić information content (AvgIpc) is 3.14. The maximum absolute atomic E-state index is 12.7. The van der Waals surface area contributed by atoms with Crippen molar-refractivity contribution in [3.63, 3.8) is 0 Å². The number of hydrogen-bond acceptors (Lipinski definition) is 4. The number of hydrogen-bond donors (Lipinski definition) is 1. The molecule has 3 aromatic carbocycles. The number of benzene rings is 3. The zero-order valence-corrected chi connectivity index (χ0v) is 17.9. The molecular weight excluding hydrogens is 416 g/mol. The van der Waals surface area contributed by atoms with E-state index < -0.39 is 4.92 Å². The van der Waals surface area contributed by atoms with E-state index in [2.05, 4.69) is 11.4 Å². The maximum atomic E-state index is 12.7. The molecule has 7 heteroatoms. The highest BCUT2D eigenvalue weighted by molar-refractivity contribution is 5.99. The smallest absolute Gasteiger partial charge is 0.269 e. The van der Waals surface area contributed by atoms with Gasteiger partial charge in [-0.3, -0.25) is 14.9 Å². The molecule has 1 aromatic heterocycles. The van der Waals surface area contributed by atoms with E-state index in [1.54, 1.807) is 18.2 Å². The summed E-state index contributed by atoms with van der Waals surface area (Å²) < 4.78 is 1.84. The van der Waals surface area contributed by atoms with Gasteiger partial charge in [0.05, 0.1) is 16.6 Å². The van der Waals surface area contributed by atoms with Crippen molar-refractivity contribution in [1.29, 1.82) is 5.26 Å². The number of nitrogens with zero attached hydrogens (tertiary/aromatic N) is 3. The number of non-ortho nitro benzene ring substituents is 1. The molecule has 0 unspecified atom stereocenters. The molecule has 4 aromatic rings. The van der Waals surface area contributed by atoms with Gasteiger partial charge in [0.1, 0.15) is 6.54 Å². The average molecular weight is 436 g/mol. The predicted molar refractivity (Wildman–Crippen MR) is 128 cm³/mol. The fourth-order valence-electron chi connectivity index (χ4n) is 3.70. The summed E-state index contributed by atoms with van der Waals surface area (Å²) in [6.45, 7) is 2.08. The number of amides is 1. The van der Waals surface area contributed by atoms with Gasteiger partial charge in [0.15, 0.2) is 0 Å². The zero-order valence-electron chi connectivity index (χ0n) is 17.9. The van der Waals surface area contributed by atoms with Crippen LogP contribution < -0.4 is 5.32 Å². The lowest BCUT2D eigenvalue weighted by molar-refractivity contribution is -0.384. The molecule has 0 aliphatic rings. The number of nitro groups is 1. The second-order valence-corrected chi connectivity index (χ2v) is 7.62. The maximum Gasteiger partial charge on any atom is 0.269 e. The van der Waals surface area contributed by atoms with Gasteiger partial charge in [0.2, 0.25) is 5.91 Å². The number of aryl methyl sites for hydroxylation is 1. The van der Waals surface area contributed by atoms with E-state index in [0.29, 0.717) is 11.1 Å². The number of nitrogens with one attached hydrogen (secondary N) is 1. The Bertz CT molecular complexity index is 1430. The Hall–Kier alpha value is -4.70. The van der Waals surface area contributed by atoms with E-state index in [1.807, 2.05) is 66.2 Å². The number of carbonyl (C=O) groups excluding carboxylic acids is 1. The quantitative estimate of drug-likeness (QED) is 0.243. The number of rotatable bonds is 6. The first kappa shape index (κ1) is 21.5. The summed E-state index contributed by atoms with van der Waals surface area (Å²) in [5.41, 5.74) is 4.36. The van der Waals surface area contributed by atoms with E-state index in [0.717, 1.165) is 27.7 Å². The molecule has 0 spiro atoms. The molecule has 0 aliphatic carbocycles. The van der Waals surface area contributed by atoms with Crippen molar-refractivity contribution in [3.05, 3.63) is 106 Å². The largest absolute Gasteiger partial charge is 0.337 e. The molecule has 0 atom stereocenters. The molecule has 0 fully saturated rings. The topological polar surface area (TPSA) is 101 Å². The van der Waals surface area contributed by atoms with Crippen LogP contribution in [-0.2, 0) is 11.3 Å². The summed E-state index contributed by atoms with van der Waals surface area (Å²) in [5, 5.41) is 24.4. The van der Waals surface area contributed by atoms with E-state index in [9.17, 15) is 20.2 Å². The highest BCUT2D eigenvalue weighted by Crippen LogP contribution is 2.27. The molecule has 33 heavy (non-hydrogen) atoms. The summed E-state index contributed by atoms with van der Waals surface area (Å²) in [5.74, 6) is -0.159. The normalized spacial score (nSPS) is 11.2. The second-order valence-electron chi connectivity index (χ2n) is 7.62. The van der Waals surface area contributed by atoms with Crippen molar-refractivity contribution in [2.75, 3.05) is 5.32 Å². The monoisotopic (exact) mass is 436 g/mol. The van der Waals surface area contributed by atoms with Crippen LogP contribution in [0, 0.1) is 28.4 Å². The van der Waals surface area contributed by atoms with Gasteiger partial charge in [-0.15, -0.1) is 0 Å². The summed E-state index contributed by atoms with van der Waals surface area (Å²) in [7, 11) is 0. The van der Waals surface area contributed by atoms with E-state index in [-0.39, 0.29) is 18.1 Å². The SMILES string of the molecule is Cc1cccc(NC(=O)Cn2cc(/C=C(/C#N)c3ccc([N+](=O)[O-])cc3)c3ccccc32)c1. The van der Waals surface area contributed by atoms with Crippen LogP contribution in [-0.4, -0.2) is 15.4 Å². The molecule has 1 amide bonds. The molecule has 0 saturated carbocycles. The van der Waals surface area contributed by atoms with Crippen LogP contribution >= 0.6 is 0 Å². The lowest BCUT2D eigenvalue weighted by Crippen LogP contribution is -2.18. The van der Waals surface area contributed by atoms with Crippen LogP contribution in [0.4, 0.5) is 11.4 Å². The Morgan fingerprint density at radius 3 is 2.58 bits per heavy atom. The second kappa shape index (κ2) is 9.20. The van der Waals surface area contributed by atoms with Gasteiger partial charge >= 0.3 is 0 Å². The molecular formula is C26H20N4O3. The Morgan fingerprint density at radius 2 is 1.88 bits per heavy atom. The zero-order chi connectivity index (χ0) is 23.4. The Labute approximate surface area is 190 Å². The van der Waals surface area contributed by atoms with Gasteiger partial charge in [-0.2, -0.15) is 5.26 Å². The molecule has 1 heterocycles. The minimum Gasteiger partial charge on any atom is -0.337 e. The number of anilines is 1. The Balaban J connectivity index is 1.65. The Kier molecular flexibility index (Phi) is 6.00. The number of fused-ring (bicyclic) bond motifs is 1. The van der Waals surface area contributed by atoms with E-state index in [4.69, 9.17) is 0 Å². The fraction of sp³-hybridized carbons (Fsp3) is 0.0769. The first-order valence-corrected chi connectivity index (χ1v) is 10.3. The molecule has 1 N–H and O–H groups in total. The third-order valence-corrected chi connectivity index (χ3v) is 5.24. The van der Waals surface area contributed by atoms with Gasteiger partial charge in [0, 0.05) is 40.5 Å². The van der Waals surface area contributed by atoms with Crippen molar-refractivity contribution < 1.29 is 9.72 Å². The molecule has 0 radical (unpaired) electrons. The van der Waals surface area contributed by atoms with Gasteiger partial charge in [0.25, 0.3) is 5.69 Å². The van der Waals surface area contributed by atoms with Gasteiger partial charge < -0.3 is 9.88 Å². The Morgan fingerprint density at radius 1 is 1.12 bits per heavy atom.